The maximum Gasteiger partial charge on any atom is 0.326 e. The Bertz CT molecular complexity index is 798. The molecule has 1 N–H and O–H groups in total. The van der Waals surface area contributed by atoms with Gasteiger partial charge in [-0.1, -0.05) is 23.7 Å². The Labute approximate surface area is 161 Å². The highest BCUT2D eigenvalue weighted by atomic mass is 35.5. The minimum absolute atomic E-state index is 0.263. The number of carbonyl (C=O) groups is 4. The van der Waals surface area contributed by atoms with E-state index in [9.17, 15) is 19.2 Å². The molecule has 0 aromatic heterocycles. The predicted octanol–water partition coefficient (Wildman–Crippen LogP) is 1.85. The molecule has 3 amide bonds. The summed E-state index contributed by atoms with van der Waals surface area (Å²) < 4.78 is 4.93. The van der Waals surface area contributed by atoms with E-state index in [1.165, 1.54) is 0 Å². The Morgan fingerprint density at radius 2 is 1.74 bits per heavy atom. The second-order valence-electron chi connectivity index (χ2n) is 7.34. The fraction of sp³-hybridized carbons (Fsp3) is 0.474. The zero-order chi connectivity index (χ0) is 19.1. The van der Waals surface area contributed by atoms with Gasteiger partial charge >= 0.3 is 5.97 Å². The largest absolute Gasteiger partial charge is 0.454 e. The van der Waals surface area contributed by atoms with Gasteiger partial charge in [0, 0.05) is 0 Å². The zero-order valence-corrected chi connectivity index (χ0v) is 15.3. The van der Waals surface area contributed by atoms with Gasteiger partial charge in [-0.25, -0.2) is 0 Å². The first-order valence-corrected chi connectivity index (χ1v) is 9.38. The SMILES string of the molecule is O=C(COC(=O)CN1C(=O)[C@H]2[C@@H]3CC[C@H](C3)[C@@H]2C1=O)Nc1ccccc1Cl. The third-order valence-corrected chi connectivity index (χ3v) is 6.15. The van der Waals surface area contributed by atoms with Crippen LogP contribution in [-0.2, 0) is 23.9 Å². The number of benzene rings is 1. The maximum absolute atomic E-state index is 12.5. The van der Waals surface area contributed by atoms with Gasteiger partial charge in [0.2, 0.25) is 11.8 Å². The fourth-order valence-corrected chi connectivity index (χ4v) is 4.88. The van der Waals surface area contributed by atoms with Gasteiger partial charge < -0.3 is 10.1 Å². The molecule has 2 saturated carbocycles. The van der Waals surface area contributed by atoms with Crippen molar-refractivity contribution in [2.45, 2.75) is 19.3 Å². The third kappa shape index (κ3) is 3.20. The van der Waals surface area contributed by atoms with Crippen LogP contribution in [0.25, 0.3) is 0 Å². The topological polar surface area (TPSA) is 92.8 Å². The minimum Gasteiger partial charge on any atom is -0.454 e. The summed E-state index contributed by atoms with van der Waals surface area (Å²) in [4.78, 5) is 50.0. The number of imide groups is 1. The fourth-order valence-electron chi connectivity index (χ4n) is 4.70. The zero-order valence-electron chi connectivity index (χ0n) is 14.5. The molecule has 1 aromatic rings. The number of amides is 3. The molecule has 8 heteroatoms. The number of nitrogens with zero attached hydrogens (tertiary/aromatic N) is 1. The van der Waals surface area contributed by atoms with Gasteiger partial charge in [-0.3, -0.25) is 24.1 Å². The van der Waals surface area contributed by atoms with E-state index in [0.717, 1.165) is 24.2 Å². The van der Waals surface area contributed by atoms with Crippen molar-refractivity contribution in [2.24, 2.45) is 23.7 Å². The van der Waals surface area contributed by atoms with Crippen molar-refractivity contribution >= 4 is 41.0 Å². The van der Waals surface area contributed by atoms with Crippen LogP contribution in [-0.4, -0.2) is 41.7 Å². The van der Waals surface area contributed by atoms with Crippen LogP contribution in [0.1, 0.15) is 19.3 Å². The number of para-hydroxylation sites is 1. The molecule has 2 bridgehead atoms. The number of esters is 1. The van der Waals surface area contributed by atoms with Gasteiger partial charge in [-0.2, -0.15) is 0 Å². The molecule has 1 heterocycles. The van der Waals surface area contributed by atoms with E-state index in [1.54, 1.807) is 24.3 Å². The summed E-state index contributed by atoms with van der Waals surface area (Å²) in [6.07, 6.45) is 2.89. The van der Waals surface area contributed by atoms with E-state index in [1.807, 2.05) is 0 Å². The summed E-state index contributed by atoms with van der Waals surface area (Å²) >= 11 is 5.95. The number of anilines is 1. The molecule has 1 saturated heterocycles. The summed E-state index contributed by atoms with van der Waals surface area (Å²) in [7, 11) is 0. The van der Waals surface area contributed by atoms with E-state index < -0.39 is 25.0 Å². The number of halogens is 1. The highest BCUT2D eigenvalue weighted by Gasteiger charge is 2.61. The molecule has 1 aliphatic heterocycles. The van der Waals surface area contributed by atoms with Gasteiger partial charge in [-0.15, -0.1) is 0 Å². The Balaban J connectivity index is 1.30. The van der Waals surface area contributed by atoms with Gasteiger partial charge in [0.05, 0.1) is 22.5 Å². The second-order valence-corrected chi connectivity index (χ2v) is 7.74. The molecule has 3 aliphatic rings. The van der Waals surface area contributed by atoms with Crippen LogP contribution in [0.4, 0.5) is 5.69 Å². The quantitative estimate of drug-likeness (QED) is 0.611. The van der Waals surface area contributed by atoms with Crippen molar-refractivity contribution in [3.05, 3.63) is 29.3 Å². The number of hydrogen-bond acceptors (Lipinski definition) is 5. The first-order chi connectivity index (χ1) is 13.0. The lowest BCUT2D eigenvalue weighted by Gasteiger charge is -2.19. The van der Waals surface area contributed by atoms with E-state index >= 15 is 0 Å². The minimum atomic E-state index is -0.779. The molecule has 142 valence electrons. The van der Waals surface area contributed by atoms with Gasteiger partial charge in [0.1, 0.15) is 6.54 Å². The normalized spacial score (nSPS) is 28.4. The Morgan fingerprint density at radius 1 is 1.11 bits per heavy atom. The van der Waals surface area contributed by atoms with Crippen molar-refractivity contribution in [1.29, 1.82) is 0 Å². The number of rotatable bonds is 5. The summed E-state index contributed by atoms with van der Waals surface area (Å²) in [5.41, 5.74) is 0.411. The molecular weight excluding hydrogens is 372 g/mol. The lowest BCUT2D eigenvalue weighted by atomic mass is 9.81. The number of carbonyl (C=O) groups excluding carboxylic acids is 4. The molecule has 27 heavy (non-hydrogen) atoms. The summed E-state index contributed by atoms with van der Waals surface area (Å²) in [6, 6.07) is 6.68. The van der Waals surface area contributed by atoms with Gasteiger partial charge in [0.25, 0.3) is 5.91 Å². The first kappa shape index (κ1) is 18.0. The monoisotopic (exact) mass is 390 g/mol. The molecule has 4 atom stereocenters. The molecule has 7 nitrogen and oxygen atoms in total. The van der Waals surface area contributed by atoms with Crippen LogP contribution < -0.4 is 5.32 Å². The molecule has 0 spiro atoms. The van der Waals surface area contributed by atoms with E-state index in [4.69, 9.17) is 16.3 Å². The summed E-state index contributed by atoms with van der Waals surface area (Å²) in [5, 5.41) is 2.90. The molecule has 0 radical (unpaired) electrons. The van der Waals surface area contributed by atoms with Crippen molar-refractivity contribution in [3.8, 4) is 0 Å². The lowest BCUT2D eigenvalue weighted by Crippen LogP contribution is -2.38. The van der Waals surface area contributed by atoms with Crippen LogP contribution >= 0.6 is 11.6 Å². The number of nitrogens with one attached hydrogen (secondary N) is 1. The molecule has 2 aliphatic carbocycles. The van der Waals surface area contributed by atoms with Gasteiger partial charge in [0.15, 0.2) is 6.61 Å². The van der Waals surface area contributed by atoms with Crippen molar-refractivity contribution in [3.63, 3.8) is 0 Å². The number of ether oxygens (including phenoxy) is 1. The average Bonchev–Trinajstić information content (AvgIpc) is 3.32. The smallest absolute Gasteiger partial charge is 0.326 e. The lowest BCUT2D eigenvalue weighted by molar-refractivity contribution is -0.154. The van der Waals surface area contributed by atoms with Crippen LogP contribution in [0.2, 0.25) is 5.02 Å². The number of hydrogen-bond donors (Lipinski definition) is 1. The molecule has 4 rings (SSSR count). The van der Waals surface area contributed by atoms with Crippen LogP contribution in [0, 0.1) is 23.7 Å². The maximum atomic E-state index is 12.5. The van der Waals surface area contributed by atoms with Crippen molar-refractivity contribution in [1.82, 2.24) is 4.90 Å². The Morgan fingerprint density at radius 3 is 2.37 bits per heavy atom. The van der Waals surface area contributed by atoms with Crippen LogP contribution in [0.3, 0.4) is 0 Å². The third-order valence-electron chi connectivity index (χ3n) is 5.82. The van der Waals surface area contributed by atoms with Crippen LogP contribution in [0.5, 0.6) is 0 Å². The molecular formula is C19H19ClN2O5. The highest BCUT2D eigenvalue weighted by Crippen LogP contribution is 2.56. The van der Waals surface area contributed by atoms with Gasteiger partial charge in [-0.05, 0) is 43.2 Å². The average molecular weight is 391 g/mol. The summed E-state index contributed by atoms with van der Waals surface area (Å²) in [5.74, 6) is -1.88. The number of fused-ring (bicyclic) bond motifs is 5. The second kappa shape index (κ2) is 6.96. The van der Waals surface area contributed by atoms with E-state index in [0.29, 0.717) is 10.7 Å². The van der Waals surface area contributed by atoms with E-state index in [2.05, 4.69) is 5.32 Å². The van der Waals surface area contributed by atoms with Crippen LogP contribution in [0.15, 0.2) is 24.3 Å². The highest BCUT2D eigenvalue weighted by molar-refractivity contribution is 6.33. The molecule has 0 unspecified atom stereocenters. The predicted molar refractivity (Wildman–Crippen MR) is 95.6 cm³/mol. The summed E-state index contributed by atoms with van der Waals surface area (Å²) in [6.45, 7) is -0.956. The standard InChI is InChI=1S/C19H19ClN2O5/c20-12-3-1-2-4-13(12)21-14(23)9-27-15(24)8-22-18(25)16-10-5-6-11(7-10)17(16)19(22)26/h1-4,10-11,16-17H,5-9H2,(H,21,23)/t10-,11-,16+,17+/m1/s1. The molecule has 3 fully saturated rings. The van der Waals surface area contributed by atoms with Crippen molar-refractivity contribution in [2.75, 3.05) is 18.5 Å². The molecule has 1 aromatic carbocycles. The Kier molecular flexibility index (Phi) is 4.63. The first-order valence-electron chi connectivity index (χ1n) is 9.01. The Hall–Kier alpha value is -2.41. The van der Waals surface area contributed by atoms with Crippen molar-refractivity contribution < 1.29 is 23.9 Å². The number of likely N-dealkylation sites (tertiary alicyclic amines) is 1. The van der Waals surface area contributed by atoms with E-state index in [-0.39, 0.29) is 35.5 Å².